The number of nitrogens with zero attached hydrogens (tertiary/aromatic N) is 4. The number of nitro groups is 1. The molecule has 3 aromatic rings. The van der Waals surface area contributed by atoms with Crippen molar-refractivity contribution in [3.05, 3.63) is 63.0 Å². The lowest BCUT2D eigenvalue weighted by molar-refractivity contribution is -0.384. The van der Waals surface area contributed by atoms with Crippen LogP contribution in [-0.4, -0.2) is 58.7 Å². The molecule has 1 fully saturated rings. The minimum Gasteiger partial charge on any atom is -0.394 e. The highest BCUT2D eigenvalue weighted by molar-refractivity contribution is 7.99. The van der Waals surface area contributed by atoms with Crippen molar-refractivity contribution in [2.24, 2.45) is 0 Å². The summed E-state index contributed by atoms with van der Waals surface area (Å²) < 4.78 is 7.39. The van der Waals surface area contributed by atoms with E-state index < -0.39 is 28.6 Å². The Balaban J connectivity index is 1.59. The minimum atomic E-state index is -0.965. The number of ether oxygens (including phenoxy) is 1. The van der Waals surface area contributed by atoms with Crippen molar-refractivity contribution in [2.75, 3.05) is 6.61 Å². The molecule has 4 atom stereocenters. The zero-order chi connectivity index (χ0) is 20.5. The number of rotatable bonds is 6. The van der Waals surface area contributed by atoms with Crippen molar-refractivity contribution in [3.63, 3.8) is 0 Å². The fraction of sp³-hybridized carbons (Fsp3) is 0.353. The van der Waals surface area contributed by atoms with Gasteiger partial charge in [-0.1, -0.05) is 12.1 Å². The van der Waals surface area contributed by atoms with Crippen molar-refractivity contribution in [1.82, 2.24) is 19.5 Å². The molecule has 4 rings (SSSR count). The number of H-pyrrole nitrogens is 1. The first kappa shape index (κ1) is 19.5. The molecule has 3 N–H and O–H groups in total. The van der Waals surface area contributed by atoms with Crippen LogP contribution in [0, 0.1) is 10.1 Å². The van der Waals surface area contributed by atoms with Gasteiger partial charge in [-0.3, -0.25) is 19.5 Å². The van der Waals surface area contributed by atoms with Gasteiger partial charge >= 0.3 is 0 Å². The van der Waals surface area contributed by atoms with Crippen LogP contribution in [0.2, 0.25) is 0 Å². The van der Waals surface area contributed by atoms with Crippen LogP contribution in [0.5, 0.6) is 0 Å². The predicted molar refractivity (Wildman–Crippen MR) is 103 cm³/mol. The van der Waals surface area contributed by atoms with Gasteiger partial charge in [0, 0.05) is 17.9 Å². The van der Waals surface area contributed by atoms with Crippen LogP contribution in [0.4, 0.5) is 5.69 Å². The van der Waals surface area contributed by atoms with Crippen LogP contribution < -0.4 is 5.56 Å². The van der Waals surface area contributed by atoms with E-state index in [1.54, 1.807) is 16.7 Å². The highest BCUT2D eigenvalue weighted by Gasteiger charge is 2.45. The number of aliphatic hydroxyl groups is 2. The Morgan fingerprint density at radius 2 is 2.07 bits per heavy atom. The summed E-state index contributed by atoms with van der Waals surface area (Å²) in [6.45, 7) is -0.368. The summed E-state index contributed by atoms with van der Waals surface area (Å²) in [4.78, 5) is 32.9. The standard InChI is InChI=1S/C17H17N5O6S/c23-5-11-13(24)14(29-6-9-1-3-10(4-2-9)22(26)27)17(28-11)21-8-20-12-15(21)18-7-19-16(12)25/h1-4,7-8,11,13-14,17,23-24H,5-6H2,(H,18,19,25)/t11-,13-,14-,17-/m1/s1. The Morgan fingerprint density at radius 3 is 2.76 bits per heavy atom. The lowest BCUT2D eigenvalue weighted by Gasteiger charge is -2.21. The van der Waals surface area contributed by atoms with Gasteiger partial charge in [-0.05, 0) is 5.56 Å². The van der Waals surface area contributed by atoms with Gasteiger partial charge in [0.05, 0.1) is 35.5 Å². The first-order chi connectivity index (χ1) is 14.0. The first-order valence-electron chi connectivity index (χ1n) is 8.69. The molecule has 0 bridgehead atoms. The number of thioether (sulfide) groups is 1. The van der Waals surface area contributed by atoms with E-state index in [4.69, 9.17) is 4.74 Å². The summed E-state index contributed by atoms with van der Waals surface area (Å²) in [6, 6.07) is 6.15. The number of nitrogens with one attached hydrogen (secondary N) is 1. The Hall–Kier alpha value is -2.80. The Bertz CT molecular complexity index is 1080. The van der Waals surface area contributed by atoms with E-state index in [0.717, 1.165) is 5.56 Å². The number of imidazole rings is 1. The highest BCUT2D eigenvalue weighted by atomic mass is 32.2. The molecule has 12 heteroatoms. The van der Waals surface area contributed by atoms with Gasteiger partial charge in [0.2, 0.25) is 0 Å². The zero-order valence-electron chi connectivity index (χ0n) is 14.9. The molecule has 1 aliphatic heterocycles. The smallest absolute Gasteiger partial charge is 0.278 e. The minimum absolute atomic E-state index is 0.00221. The van der Waals surface area contributed by atoms with Crippen molar-refractivity contribution in [3.8, 4) is 0 Å². The van der Waals surface area contributed by atoms with Crippen LogP contribution in [0.25, 0.3) is 11.2 Å². The summed E-state index contributed by atoms with van der Waals surface area (Å²) >= 11 is 1.38. The van der Waals surface area contributed by atoms with Gasteiger partial charge in [-0.15, -0.1) is 11.8 Å². The van der Waals surface area contributed by atoms with E-state index in [1.807, 2.05) is 0 Å². The average molecular weight is 419 g/mol. The van der Waals surface area contributed by atoms with E-state index in [2.05, 4.69) is 15.0 Å². The maximum Gasteiger partial charge on any atom is 0.278 e. The van der Waals surface area contributed by atoms with Crippen LogP contribution in [-0.2, 0) is 10.5 Å². The third-order valence-corrected chi connectivity index (χ3v) is 6.12. The molecule has 0 aliphatic carbocycles. The first-order valence-corrected chi connectivity index (χ1v) is 9.74. The van der Waals surface area contributed by atoms with E-state index >= 15 is 0 Å². The summed E-state index contributed by atoms with van der Waals surface area (Å²) in [7, 11) is 0. The number of fused-ring (bicyclic) bond motifs is 1. The molecule has 3 heterocycles. The average Bonchev–Trinajstić information content (AvgIpc) is 3.28. The van der Waals surface area contributed by atoms with Crippen LogP contribution in [0.15, 0.2) is 41.7 Å². The molecule has 152 valence electrons. The Kier molecular flexibility index (Phi) is 5.32. The third kappa shape index (κ3) is 3.62. The maximum absolute atomic E-state index is 11.9. The van der Waals surface area contributed by atoms with Gasteiger partial charge in [-0.25, -0.2) is 9.97 Å². The fourth-order valence-electron chi connectivity index (χ4n) is 3.23. The molecular formula is C17H17N5O6S. The quantitative estimate of drug-likeness (QED) is 0.384. The summed E-state index contributed by atoms with van der Waals surface area (Å²) in [5.41, 5.74) is 0.912. The normalized spacial score (nSPS) is 24.2. The lowest BCUT2D eigenvalue weighted by Crippen LogP contribution is -2.31. The van der Waals surface area contributed by atoms with E-state index in [0.29, 0.717) is 11.4 Å². The zero-order valence-corrected chi connectivity index (χ0v) is 15.7. The second kappa shape index (κ2) is 7.91. The van der Waals surface area contributed by atoms with Crippen LogP contribution in [0.3, 0.4) is 0 Å². The lowest BCUT2D eigenvalue weighted by atomic mass is 10.2. The molecule has 29 heavy (non-hydrogen) atoms. The maximum atomic E-state index is 11.9. The summed E-state index contributed by atoms with van der Waals surface area (Å²) in [5.74, 6) is 0.457. The van der Waals surface area contributed by atoms with Crippen molar-refractivity contribution in [2.45, 2.75) is 29.4 Å². The monoisotopic (exact) mass is 419 g/mol. The SMILES string of the molecule is O=c1[nH]cnc2c1ncn2[C@@H]1O[C@H](CO)[C@@H](O)[C@H]1SCc1ccc([N+](=O)[O-])cc1. The van der Waals surface area contributed by atoms with Crippen LogP contribution >= 0.6 is 11.8 Å². The number of nitro benzene ring substituents is 1. The number of hydrogen-bond donors (Lipinski definition) is 3. The largest absolute Gasteiger partial charge is 0.394 e. The molecular weight excluding hydrogens is 402 g/mol. The summed E-state index contributed by atoms with van der Waals surface area (Å²) in [6.07, 6.45) is 0.214. The molecule has 0 saturated carbocycles. The fourth-order valence-corrected chi connectivity index (χ4v) is 4.54. The number of benzene rings is 1. The molecule has 11 nitrogen and oxygen atoms in total. The van der Waals surface area contributed by atoms with Gasteiger partial charge in [-0.2, -0.15) is 0 Å². The molecule has 1 saturated heterocycles. The number of aliphatic hydroxyl groups excluding tert-OH is 2. The predicted octanol–water partition coefficient (Wildman–Crippen LogP) is 0.580. The van der Waals surface area contributed by atoms with Crippen molar-refractivity contribution in [1.29, 1.82) is 0 Å². The van der Waals surface area contributed by atoms with Gasteiger partial charge in [0.15, 0.2) is 17.4 Å². The van der Waals surface area contributed by atoms with Gasteiger partial charge < -0.3 is 19.9 Å². The van der Waals surface area contributed by atoms with E-state index in [9.17, 15) is 25.1 Å². The second-order valence-corrected chi connectivity index (χ2v) is 7.66. The number of non-ortho nitro benzene ring substituents is 1. The van der Waals surface area contributed by atoms with Gasteiger partial charge in [0.25, 0.3) is 11.2 Å². The van der Waals surface area contributed by atoms with Crippen LogP contribution in [0.1, 0.15) is 11.8 Å². The number of aromatic nitrogens is 4. The molecule has 0 radical (unpaired) electrons. The molecule has 0 amide bonds. The Labute approximate surface area is 167 Å². The summed E-state index contributed by atoms with van der Waals surface area (Å²) in [5, 5.41) is 30.5. The molecule has 1 aliphatic rings. The van der Waals surface area contributed by atoms with Crippen molar-refractivity contribution < 1.29 is 19.9 Å². The molecule has 0 spiro atoms. The second-order valence-electron chi connectivity index (χ2n) is 6.49. The molecule has 0 unspecified atom stereocenters. The number of aromatic amines is 1. The highest BCUT2D eigenvalue weighted by Crippen LogP contribution is 2.39. The van der Waals surface area contributed by atoms with Crippen molar-refractivity contribution >= 4 is 28.6 Å². The van der Waals surface area contributed by atoms with Gasteiger partial charge in [0.1, 0.15) is 6.10 Å². The third-order valence-electron chi connectivity index (χ3n) is 4.72. The topological polar surface area (TPSA) is 156 Å². The van der Waals surface area contributed by atoms with E-state index in [-0.39, 0.29) is 23.4 Å². The molecule has 1 aromatic carbocycles. The Morgan fingerprint density at radius 1 is 1.31 bits per heavy atom. The number of hydrogen-bond acceptors (Lipinski definition) is 9. The van der Waals surface area contributed by atoms with E-state index in [1.165, 1.54) is 36.5 Å². The molecule has 2 aromatic heterocycles.